The van der Waals surface area contributed by atoms with E-state index < -0.39 is 27.5 Å². The molecular weight excluding hydrogens is 428 g/mol. The summed E-state index contributed by atoms with van der Waals surface area (Å²) in [4.78, 5) is 28.5. The normalized spacial score (nSPS) is 12.1. The summed E-state index contributed by atoms with van der Waals surface area (Å²) in [6, 6.07) is 13.8. The highest BCUT2D eigenvalue weighted by atomic mass is 32.2. The summed E-state index contributed by atoms with van der Waals surface area (Å²) in [5.41, 5.74) is 1.25. The Balaban J connectivity index is 1.94. The molecular formula is C20H20N2O6S2. The molecule has 2 aromatic carbocycles. The maximum Gasteiger partial charge on any atom is 0.325 e. The summed E-state index contributed by atoms with van der Waals surface area (Å²) in [5, 5.41) is 0. The van der Waals surface area contributed by atoms with E-state index in [0.29, 0.717) is 16.8 Å². The Morgan fingerprint density at radius 1 is 1.10 bits per heavy atom. The first-order valence-electron chi connectivity index (χ1n) is 8.87. The lowest BCUT2D eigenvalue weighted by Crippen LogP contribution is -2.24. The molecule has 0 bridgehead atoms. The molecule has 0 aliphatic carbocycles. The molecule has 158 valence electrons. The molecule has 1 amide bonds. The van der Waals surface area contributed by atoms with Gasteiger partial charge in [0.25, 0.3) is 5.91 Å². The fourth-order valence-electron chi connectivity index (χ4n) is 2.82. The summed E-state index contributed by atoms with van der Waals surface area (Å²) in [7, 11) is -0.901. The van der Waals surface area contributed by atoms with Crippen LogP contribution in [0.25, 0.3) is 10.2 Å². The topological polar surface area (TPSA) is 104 Å². The van der Waals surface area contributed by atoms with Gasteiger partial charge in [-0.25, -0.2) is 8.42 Å². The van der Waals surface area contributed by atoms with Crippen LogP contribution >= 0.6 is 11.3 Å². The van der Waals surface area contributed by atoms with Crippen LogP contribution in [0.15, 0.2) is 53.5 Å². The number of ether oxygens (including phenoxy) is 2. The molecule has 0 fully saturated rings. The number of thiazole rings is 1. The van der Waals surface area contributed by atoms with Crippen LogP contribution < -0.4 is 9.54 Å². The zero-order chi connectivity index (χ0) is 21.7. The summed E-state index contributed by atoms with van der Waals surface area (Å²) < 4.78 is 37.0. The lowest BCUT2D eigenvalue weighted by Gasteiger charge is -2.05. The minimum absolute atomic E-state index is 0.161. The molecule has 0 aliphatic heterocycles. The Bertz CT molecular complexity index is 1240. The Morgan fingerprint density at radius 2 is 1.83 bits per heavy atom. The van der Waals surface area contributed by atoms with E-state index in [1.54, 1.807) is 48.5 Å². The second-order valence-corrected chi connectivity index (χ2v) is 9.48. The SMILES string of the molecule is COC(=O)Cn1c(=NC(=O)CS(=O)(=O)Cc2ccccc2)sc2cc(OC)ccc21. The Morgan fingerprint density at radius 3 is 2.50 bits per heavy atom. The van der Waals surface area contributed by atoms with Gasteiger partial charge in [0.2, 0.25) is 0 Å². The highest BCUT2D eigenvalue weighted by Crippen LogP contribution is 2.23. The summed E-state index contributed by atoms with van der Waals surface area (Å²) >= 11 is 1.16. The highest BCUT2D eigenvalue weighted by molar-refractivity contribution is 7.91. The zero-order valence-corrected chi connectivity index (χ0v) is 18.0. The van der Waals surface area contributed by atoms with Crippen molar-refractivity contribution in [2.24, 2.45) is 4.99 Å². The van der Waals surface area contributed by atoms with Crippen molar-refractivity contribution in [3.63, 3.8) is 0 Å². The van der Waals surface area contributed by atoms with Crippen LogP contribution in [0.1, 0.15) is 5.56 Å². The van der Waals surface area contributed by atoms with Crippen LogP contribution in [0.2, 0.25) is 0 Å². The number of benzene rings is 2. The van der Waals surface area contributed by atoms with Crippen molar-refractivity contribution >= 4 is 43.3 Å². The van der Waals surface area contributed by atoms with Gasteiger partial charge in [-0.3, -0.25) is 9.59 Å². The van der Waals surface area contributed by atoms with E-state index in [2.05, 4.69) is 4.99 Å². The van der Waals surface area contributed by atoms with Gasteiger partial charge in [0, 0.05) is 0 Å². The zero-order valence-electron chi connectivity index (χ0n) is 16.4. The van der Waals surface area contributed by atoms with E-state index in [1.807, 2.05) is 0 Å². The number of amides is 1. The third kappa shape index (κ3) is 5.33. The van der Waals surface area contributed by atoms with Crippen LogP contribution in [0.5, 0.6) is 5.75 Å². The van der Waals surface area contributed by atoms with Crippen LogP contribution in [0.4, 0.5) is 0 Å². The minimum atomic E-state index is -3.69. The maximum atomic E-state index is 12.4. The number of esters is 1. The molecule has 3 aromatic rings. The lowest BCUT2D eigenvalue weighted by atomic mass is 10.2. The second-order valence-electron chi connectivity index (χ2n) is 6.40. The molecule has 0 aliphatic rings. The predicted octanol–water partition coefficient (Wildman–Crippen LogP) is 1.93. The fourth-order valence-corrected chi connectivity index (χ4v) is 5.14. The first-order chi connectivity index (χ1) is 14.3. The Labute approximate surface area is 177 Å². The summed E-state index contributed by atoms with van der Waals surface area (Å²) in [6.45, 7) is -0.161. The van der Waals surface area contributed by atoms with Crippen LogP contribution in [0.3, 0.4) is 0 Å². The molecule has 1 aromatic heterocycles. The first kappa shape index (κ1) is 21.7. The smallest absolute Gasteiger partial charge is 0.325 e. The minimum Gasteiger partial charge on any atom is -0.497 e. The van der Waals surface area contributed by atoms with Gasteiger partial charge in [-0.15, -0.1) is 0 Å². The second kappa shape index (κ2) is 9.23. The number of hydrogen-bond acceptors (Lipinski definition) is 7. The number of rotatable bonds is 7. The molecule has 0 saturated heterocycles. The molecule has 0 N–H and O–H groups in total. The van der Waals surface area contributed by atoms with Crippen molar-refractivity contribution in [1.82, 2.24) is 4.57 Å². The van der Waals surface area contributed by atoms with Crippen LogP contribution in [-0.2, 0) is 36.5 Å². The monoisotopic (exact) mass is 448 g/mol. The average molecular weight is 449 g/mol. The fraction of sp³-hybridized carbons (Fsp3) is 0.250. The number of carbonyl (C=O) groups excluding carboxylic acids is 2. The molecule has 0 unspecified atom stereocenters. The van der Waals surface area contributed by atoms with E-state index in [9.17, 15) is 18.0 Å². The van der Waals surface area contributed by atoms with Crippen molar-refractivity contribution in [2.45, 2.75) is 12.3 Å². The van der Waals surface area contributed by atoms with E-state index in [0.717, 1.165) is 16.0 Å². The molecule has 1 heterocycles. The van der Waals surface area contributed by atoms with Gasteiger partial charge in [-0.1, -0.05) is 41.7 Å². The van der Waals surface area contributed by atoms with Gasteiger partial charge in [0.1, 0.15) is 18.0 Å². The third-order valence-corrected chi connectivity index (χ3v) is 6.70. The van der Waals surface area contributed by atoms with Crippen LogP contribution in [-0.4, -0.2) is 44.8 Å². The van der Waals surface area contributed by atoms with Gasteiger partial charge in [-0.2, -0.15) is 4.99 Å². The van der Waals surface area contributed by atoms with Gasteiger partial charge in [0.15, 0.2) is 14.6 Å². The largest absolute Gasteiger partial charge is 0.497 e. The average Bonchev–Trinajstić information content (AvgIpc) is 3.03. The number of nitrogens with zero attached hydrogens (tertiary/aromatic N) is 2. The van der Waals surface area contributed by atoms with Gasteiger partial charge in [-0.05, 0) is 23.8 Å². The number of methoxy groups -OCH3 is 2. The van der Waals surface area contributed by atoms with Crippen molar-refractivity contribution in [3.8, 4) is 5.75 Å². The standard InChI is InChI=1S/C20H20N2O6S2/c1-27-15-8-9-16-17(10-15)29-20(22(16)11-19(24)28-2)21-18(23)13-30(25,26)12-14-6-4-3-5-7-14/h3-10H,11-13H2,1-2H3. The van der Waals surface area contributed by atoms with Crippen molar-refractivity contribution < 1.29 is 27.5 Å². The van der Waals surface area contributed by atoms with Crippen molar-refractivity contribution in [3.05, 3.63) is 58.9 Å². The molecule has 0 saturated carbocycles. The molecule has 0 radical (unpaired) electrons. The highest BCUT2D eigenvalue weighted by Gasteiger charge is 2.18. The Kier molecular flexibility index (Phi) is 6.68. The summed E-state index contributed by atoms with van der Waals surface area (Å²) in [5.74, 6) is -1.69. The number of carbonyl (C=O) groups is 2. The molecule has 10 heteroatoms. The number of sulfone groups is 1. The summed E-state index contributed by atoms with van der Waals surface area (Å²) in [6.07, 6.45) is 0. The van der Waals surface area contributed by atoms with E-state index in [1.165, 1.54) is 18.8 Å². The molecule has 3 rings (SSSR count). The van der Waals surface area contributed by atoms with E-state index >= 15 is 0 Å². The quantitative estimate of drug-likeness (QED) is 0.512. The molecule has 8 nitrogen and oxygen atoms in total. The lowest BCUT2D eigenvalue weighted by molar-refractivity contribution is -0.141. The van der Waals surface area contributed by atoms with Crippen molar-refractivity contribution in [2.75, 3.05) is 20.0 Å². The number of hydrogen-bond donors (Lipinski definition) is 0. The number of fused-ring (bicyclic) bond motifs is 1. The molecule has 0 spiro atoms. The maximum absolute atomic E-state index is 12.4. The predicted molar refractivity (Wildman–Crippen MR) is 113 cm³/mol. The van der Waals surface area contributed by atoms with Gasteiger partial charge in [0.05, 0.1) is 30.2 Å². The molecule has 0 atom stereocenters. The Hall–Kier alpha value is -2.98. The van der Waals surface area contributed by atoms with Gasteiger partial charge >= 0.3 is 5.97 Å². The first-order valence-corrected chi connectivity index (χ1v) is 11.5. The number of aromatic nitrogens is 1. The van der Waals surface area contributed by atoms with E-state index in [4.69, 9.17) is 9.47 Å². The van der Waals surface area contributed by atoms with E-state index in [-0.39, 0.29) is 17.1 Å². The van der Waals surface area contributed by atoms with Crippen molar-refractivity contribution in [1.29, 1.82) is 0 Å². The third-order valence-electron chi connectivity index (χ3n) is 4.20. The van der Waals surface area contributed by atoms with Crippen LogP contribution in [0, 0.1) is 0 Å². The van der Waals surface area contributed by atoms with Gasteiger partial charge < -0.3 is 14.0 Å². The molecule has 30 heavy (non-hydrogen) atoms.